The fourth-order valence-corrected chi connectivity index (χ4v) is 4.47. The number of Topliss-reactive ketones (excluding diaryl/α,β-unsaturated/α-hetero) is 1. The molecule has 1 atom stereocenters. The van der Waals surface area contributed by atoms with Crippen LogP contribution in [0.1, 0.15) is 39.3 Å². The maximum atomic E-state index is 13.2. The quantitative estimate of drug-likeness (QED) is 0.611. The smallest absolute Gasteiger partial charge is 0.339 e. The van der Waals surface area contributed by atoms with Crippen LogP contribution in [0.2, 0.25) is 0 Å². The number of aromatic nitrogens is 1. The van der Waals surface area contributed by atoms with Crippen LogP contribution in [0.25, 0.3) is 0 Å². The SMILES string of the molecule is Cc1cc(C(=O)CN2C(=O)NC3(CCc4ccccc43)C2=O)c(C)n1CC(F)(F)F. The number of halogens is 3. The first-order valence-electron chi connectivity index (χ1n) is 9.53. The third kappa shape index (κ3) is 3.09. The lowest BCUT2D eigenvalue weighted by Gasteiger charge is -2.22. The average Bonchev–Trinajstić information content (AvgIpc) is 3.25. The predicted octanol–water partition coefficient (Wildman–Crippen LogP) is 3.24. The lowest BCUT2D eigenvalue weighted by atomic mass is 9.92. The van der Waals surface area contributed by atoms with E-state index in [-0.39, 0.29) is 17.0 Å². The maximum absolute atomic E-state index is 13.2. The van der Waals surface area contributed by atoms with Crippen molar-refractivity contribution in [3.63, 3.8) is 0 Å². The molecule has 6 nitrogen and oxygen atoms in total. The standard InChI is InChI=1S/C21H20F3N3O3/c1-12-9-15(13(2)27(12)11-21(22,23)24)17(28)10-26-18(29)20(25-19(26)30)8-7-14-5-3-4-6-16(14)20/h3-6,9H,7-8,10-11H2,1-2H3,(H,25,30). The molecule has 1 aliphatic heterocycles. The second-order valence-electron chi connectivity index (χ2n) is 7.79. The number of nitrogens with zero attached hydrogens (tertiary/aromatic N) is 2. The van der Waals surface area contributed by atoms with Crippen LogP contribution in [-0.4, -0.2) is 39.9 Å². The first kappa shape index (κ1) is 20.2. The second-order valence-corrected chi connectivity index (χ2v) is 7.79. The highest BCUT2D eigenvalue weighted by atomic mass is 19.4. The zero-order valence-electron chi connectivity index (χ0n) is 16.5. The average molecular weight is 419 g/mol. The summed E-state index contributed by atoms with van der Waals surface area (Å²) in [6.45, 7) is 1.17. The summed E-state index contributed by atoms with van der Waals surface area (Å²) in [5.74, 6) is -1.08. The summed E-state index contributed by atoms with van der Waals surface area (Å²) in [6, 6.07) is 8.02. The Labute approximate surface area is 170 Å². The second kappa shape index (κ2) is 6.72. The molecule has 0 saturated carbocycles. The van der Waals surface area contributed by atoms with Gasteiger partial charge in [-0.3, -0.25) is 14.5 Å². The molecule has 0 bridgehead atoms. The van der Waals surface area contributed by atoms with Gasteiger partial charge in [-0.2, -0.15) is 13.2 Å². The van der Waals surface area contributed by atoms with Crippen LogP contribution in [0.15, 0.2) is 30.3 Å². The van der Waals surface area contributed by atoms with E-state index in [1.807, 2.05) is 12.1 Å². The van der Waals surface area contributed by atoms with Gasteiger partial charge in [-0.1, -0.05) is 24.3 Å². The number of carbonyl (C=O) groups is 3. The number of hydrogen-bond acceptors (Lipinski definition) is 3. The van der Waals surface area contributed by atoms with E-state index in [4.69, 9.17) is 0 Å². The molecule has 30 heavy (non-hydrogen) atoms. The van der Waals surface area contributed by atoms with Gasteiger partial charge in [-0.05, 0) is 43.9 Å². The monoisotopic (exact) mass is 419 g/mol. The highest BCUT2D eigenvalue weighted by Gasteiger charge is 2.55. The van der Waals surface area contributed by atoms with Crippen molar-refractivity contribution in [3.05, 3.63) is 58.4 Å². The van der Waals surface area contributed by atoms with Crippen LogP contribution in [0.3, 0.4) is 0 Å². The van der Waals surface area contributed by atoms with Gasteiger partial charge in [0.15, 0.2) is 5.78 Å². The van der Waals surface area contributed by atoms with Crippen LogP contribution >= 0.6 is 0 Å². The minimum Gasteiger partial charge on any atom is -0.339 e. The fraction of sp³-hybridized carbons (Fsp3) is 0.381. The van der Waals surface area contributed by atoms with E-state index < -0.39 is 42.5 Å². The lowest BCUT2D eigenvalue weighted by Crippen LogP contribution is -2.42. The minimum atomic E-state index is -4.43. The van der Waals surface area contributed by atoms with Crippen LogP contribution in [0, 0.1) is 13.8 Å². The van der Waals surface area contributed by atoms with E-state index in [1.54, 1.807) is 12.1 Å². The van der Waals surface area contributed by atoms with Crippen LogP contribution in [0.4, 0.5) is 18.0 Å². The van der Waals surface area contributed by atoms with E-state index >= 15 is 0 Å². The van der Waals surface area contributed by atoms with Gasteiger partial charge >= 0.3 is 12.2 Å². The number of hydrogen-bond donors (Lipinski definition) is 1. The van der Waals surface area contributed by atoms with E-state index in [9.17, 15) is 27.6 Å². The number of urea groups is 1. The molecular formula is C21H20F3N3O3. The van der Waals surface area contributed by atoms with E-state index in [1.165, 1.54) is 19.9 Å². The molecule has 2 aromatic rings. The zero-order valence-corrected chi connectivity index (χ0v) is 16.5. The van der Waals surface area contributed by atoms with Crippen molar-refractivity contribution in [2.45, 2.75) is 44.9 Å². The highest BCUT2D eigenvalue weighted by molar-refractivity contribution is 6.12. The van der Waals surface area contributed by atoms with Gasteiger partial charge in [0.1, 0.15) is 12.1 Å². The van der Waals surface area contributed by atoms with Gasteiger partial charge in [0, 0.05) is 17.0 Å². The van der Waals surface area contributed by atoms with Crippen molar-refractivity contribution < 1.29 is 27.6 Å². The molecule has 158 valence electrons. The largest absolute Gasteiger partial charge is 0.406 e. The Morgan fingerprint density at radius 2 is 1.90 bits per heavy atom. The minimum absolute atomic E-state index is 0.0742. The molecule has 2 aliphatic rings. The van der Waals surface area contributed by atoms with Crippen molar-refractivity contribution in [1.29, 1.82) is 0 Å². The predicted molar refractivity (Wildman–Crippen MR) is 101 cm³/mol. The summed E-state index contributed by atoms with van der Waals surface area (Å²) in [5.41, 5.74) is 1.03. The van der Waals surface area contributed by atoms with Crippen LogP contribution in [-0.2, 0) is 23.3 Å². The van der Waals surface area contributed by atoms with Gasteiger partial charge in [-0.25, -0.2) is 4.79 Å². The number of benzene rings is 1. The topological polar surface area (TPSA) is 71.4 Å². The molecule has 1 N–H and O–H groups in total. The van der Waals surface area contributed by atoms with Gasteiger partial charge in [-0.15, -0.1) is 0 Å². The summed E-state index contributed by atoms with van der Waals surface area (Å²) in [6.07, 6.45) is -3.40. The highest BCUT2D eigenvalue weighted by Crippen LogP contribution is 2.41. The number of carbonyl (C=O) groups excluding carboxylic acids is 3. The molecule has 0 radical (unpaired) electrons. The first-order valence-corrected chi connectivity index (χ1v) is 9.53. The Bertz CT molecular complexity index is 1070. The van der Waals surface area contributed by atoms with Crippen LogP contribution < -0.4 is 5.32 Å². The lowest BCUT2D eigenvalue weighted by molar-refractivity contribution is -0.141. The van der Waals surface area contributed by atoms with Gasteiger partial charge in [0.25, 0.3) is 5.91 Å². The molecule has 1 saturated heterocycles. The molecule has 1 aromatic carbocycles. The molecule has 2 heterocycles. The summed E-state index contributed by atoms with van der Waals surface area (Å²) < 4.78 is 39.5. The number of aryl methyl sites for hydroxylation is 2. The normalized spacial score (nSPS) is 20.8. The molecular weight excluding hydrogens is 399 g/mol. The molecule has 4 rings (SSSR count). The summed E-state index contributed by atoms with van der Waals surface area (Å²) in [7, 11) is 0. The third-order valence-corrected chi connectivity index (χ3v) is 5.94. The number of amides is 3. The summed E-state index contributed by atoms with van der Waals surface area (Å²) >= 11 is 0. The van der Waals surface area contributed by atoms with Crippen LogP contribution in [0.5, 0.6) is 0 Å². The Morgan fingerprint density at radius 3 is 2.60 bits per heavy atom. The first-order chi connectivity index (χ1) is 14.0. The summed E-state index contributed by atoms with van der Waals surface area (Å²) in [4.78, 5) is 39.4. The zero-order chi connectivity index (χ0) is 21.8. The number of imide groups is 1. The number of rotatable bonds is 4. The molecule has 1 aromatic heterocycles. The van der Waals surface area contributed by atoms with E-state index in [0.717, 1.165) is 20.6 Å². The Morgan fingerprint density at radius 1 is 1.20 bits per heavy atom. The van der Waals surface area contributed by atoms with E-state index in [2.05, 4.69) is 5.32 Å². The number of fused-ring (bicyclic) bond motifs is 2. The maximum Gasteiger partial charge on any atom is 0.406 e. The van der Waals surface area contributed by atoms with E-state index in [0.29, 0.717) is 12.8 Å². The molecule has 1 fully saturated rings. The number of nitrogens with one attached hydrogen (secondary N) is 1. The fourth-order valence-electron chi connectivity index (χ4n) is 4.47. The van der Waals surface area contributed by atoms with Gasteiger partial charge in [0.05, 0.1) is 6.54 Å². The molecule has 9 heteroatoms. The van der Waals surface area contributed by atoms with Gasteiger partial charge in [0.2, 0.25) is 0 Å². The van der Waals surface area contributed by atoms with Crippen molar-refractivity contribution >= 4 is 17.7 Å². The number of alkyl halides is 3. The van der Waals surface area contributed by atoms with Crippen molar-refractivity contribution in [3.8, 4) is 0 Å². The van der Waals surface area contributed by atoms with Crippen molar-refractivity contribution in [1.82, 2.24) is 14.8 Å². The Kier molecular flexibility index (Phi) is 4.52. The molecule has 1 aliphatic carbocycles. The van der Waals surface area contributed by atoms with Crippen molar-refractivity contribution in [2.75, 3.05) is 6.54 Å². The van der Waals surface area contributed by atoms with Gasteiger partial charge < -0.3 is 9.88 Å². The molecule has 1 unspecified atom stereocenters. The third-order valence-electron chi connectivity index (χ3n) is 5.94. The Balaban J connectivity index is 1.59. The molecule has 3 amide bonds. The van der Waals surface area contributed by atoms with Crippen molar-refractivity contribution in [2.24, 2.45) is 0 Å². The Hall–Kier alpha value is -3.10. The molecule has 1 spiro atoms. The summed E-state index contributed by atoms with van der Waals surface area (Å²) in [5, 5.41) is 2.74. The number of ketones is 1.